The topological polar surface area (TPSA) is 99.0 Å². The second-order valence-electron chi connectivity index (χ2n) is 7.16. The number of piperazine rings is 1. The molecule has 2 fully saturated rings. The lowest BCUT2D eigenvalue weighted by atomic mass is 10.0. The average molecular weight is 420 g/mol. The molecule has 1 N–H and O–H groups in total. The molecule has 0 aromatic carbocycles. The minimum absolute atomic E-state index is 0.0919. The van der Waals surface area contributed by atoms with Crippen LogP contribution in [0.1, 0.15) is 25.0 Å². The normalized spacial score (nSPS) is 22.9. The van der Waals surface area contributed by atoms with Crippen molar-refractivity contribution in [3.63, 3.8) is 0 Å². The summed E-state index contributed by atoms with van der Waals surface area (Å²) in [5.74, 6) is 0. The molecule has 0 spiro atoms. The highest BCUT2D eigenvalue weighted by Crippen LogP contribution is 2.31. The monoisotopic (exact) mass is 419 g/mol. The van der Waals surface area contributed by atoms with E-state index in [-0.39, 0.29) is 16.1 Å². The Labute approximate surface area is 164 Å². The molecule has 27 heavy (non-hydrogen) atoms. The van der Waals surface area contributed by atoms with Gasteiger partial charge in [-0.2, -0.15) is 9.40 Å². The van der Waals surface area contributed by atoms with Crippen LogP contribution in [0.2, 0.25) is 5.15 Å². The first-order chi connectivity index (χ1) is 12.7. The Morgan fingerprint density at radius 3 is 2.44 bits per heavy atom. The van der Waals surface area contributed by atoms with E-state index in [2.05, 4.69) is 10.00 Å². The highest BCUT2D eigenvalue weighted by molar-refractivity contribution is 7.89. The van der Waals surface area contributed by atoms with Crippen molar-refractivity contribution >= 4 is 27.7 Å². The fraction of sp³-hybridized carbons (Fsp3) is 0.750. The number of piperidine rings is 1. The molecule has 0 bridgehead atoms. The molecule has 11 heteroatoms. The fourth-order valence-electron chi connectivity index (χ4n) is 3.91. The van der Waals surface area contributed by atoms with E-state index in [1.54, 1.807) is 18.3 Å². The number of sulfonamides is 1. The summed E-state index contributed by atoms with van der Waals surface area (Å²) in [6, 6.07) is -0.143. The molecule has 1 atom stereocenters. The molecule has 2 aliphatic heterocycles. The second-order valence-corrected chi connectivity index (χ2v) is 9.35. The number of aryl methyl sites for hydroxylation is 2. The molecule has 1 unspecified atom stereocenters. The van der Waals surface area contributed by atoms with Gasteiger partial charge in [0, 0.05) is 52.4 Å². The summed E-state index contributed by atoms with van der Waals surface area (Å²) >= 11 is 6.23. The predicted octanol–water partition coefficient (Wildman–Crippen LogP) is 1.22. The quantitative estimate of drug-likeness (QED) is 0.787. The van der Waals surface area contributed by atoms with E-state index in [9.17, 15) is 13.2 Å². The molecule has 2 saturated heterocycles. The first-order valence-corrected chi connectivity index (χ1v) is 10.9. The van der Waals surface area contributed by atoms with Crippen molar-refractivity contribution in [2.75, 3.05) is 39.3 Å². The van der Waals surface area contributed by atoms with Crippen LogP contribution in [0.5, 0.6) is 0 Å². The summed E-state index contributed by atoms with van der Waals surface area (Å²) in [5, 5.41) is 13.4. The van der Waals surface area contributed by atoms with Crippen LogP contribution >= 0.6 is 11.6 Å². The zero-order valence-corrected chi connectivity index (χ0v) is 17.2. The lowest BCUT2D eigenvalue weighted by molar-refractivity contribution is 0.0902. The largest absolute Gasteiger partial charge is 0.465 e. The van der Waals surface area contributed by atoms with Gasteiger partial charge in [0.15, 0.2) is 0 Å². The summed E-state index contributed by atoms with van der Waals surface area (Å²) in [6.07, 6.45) is 1.68. The van der Waals surface area contributed by atoms with Crippen molar-refractivity contribution < 1.29 is 18.3 Å². The maximum absolute atomic E-state index is 13.3. The third kappa shape index (κ3) is 4.08. The number of nitrogens with zero attached hydrogens (tertiary/aromatic N) is 5. The van der Waals surface area contributed by atoms with Crippen molar-refractivity contribution in [3.05, 3.63) is 10.8 Å². The number of hydrogen-bond donors (Lipinski definition) is 1. The molecule has 3 rings (SSSR count). The molecule has 0 saturated carbocycles. The number of carbonyl (C=O) groups is 1. The van der Waals surface area contributed by atoms with E-state index in [0.29, 0.717) is 45.0 Å². The molecule has 1 aromatic heterocycles. The molecular weight excluding hydrogens is 394 g/mol. The van der Waals surface area contributed by atoms with Crippen LogP contribution in [0.15, 0.2) is 4.90 Å². The standard InChI is InChI=1S/C16H26ClN5O4S/c1-12-14(15(17)19(2)18-12)27(25,26)22-6-4-3-5-13(22)11-20-7-9-21(10-8-20)16(23)24/h13H,3-11H2,1-2H3,(H,23,24). The lowest BCUT2D eigenvalue weighted by Crippen LogP contribution is -2.54. The zero-order valence-electron chi connectivity index (χ0n) is 15.6. The Morgan fingerprint density at radius 1 is 1.22 bits per heavy atom. The summed E-state index contributed by atoms with van der Waals surface area (Å²) in [6.45, 7) is 4.84. The third-order valence-corrected chi connectivity index (χ3v) is 8.00. The summed E-state index contributed by atoms with van der Waals surface area (Å²) in [4.78, 5) is 14.7. The van der Waals surface area contributed by atoms with Crippen molar-refractivity contribution in [1.29, 1.82) is 0 Å². The average Bonchev–Trinajstić information content (AvgIpc) is 2.88. The van der Waals surface area contributed by atoms with Gasteiger partial charge in [0.25, 0.3) is 0 Å². The van der Waals surface area contributed by atoms with Gasteiger partial charge < -0.3 is 10.0 Å². The van der Waals surface area contributed by atoms with Gasteiger partial charge in [-0.3, -0.25) is 9.58 Å². The van der Waals surface area contributed by atoms with Gasteiger partial charge in [0.2, 0.25) is 10.0 Å². The van der Waals surface area contributed by atoms with Gasteiger partial charge in [0.05, 0.1) is 5.69 Å². The Hall–Kier alpha value is -1.36. The SMILES string of the molecule is Cc1nn(C)c(Cl)c1S(=O)(=O)N1CCCCC1CN1CCN(C(=O)O)CC1. The van der Waals surface area contributed by atoms with Crippen molar-refractivity contribution in [2.45, 2.75) is 37.1 Å². The molecule has 2 aliphatic rings. The second kappa shape index (κ2) is 7.94. The van der Waals surface area contributed by atoms with Crippen LogP contribution < -0.4 is 0 Å². The van der Waals surface area contributed by atoms with Gasteiger partial charge in [-0.1, -0.05) is 18.0 Å². The molecule has 1 amide bonds. The van der Waals surface area contributed by atoms with Crippen LogP contribution in [0.4, 0.5) is 4.79 Å². The molecule has 9 nitrogen and oxygen atoms in total. The Morgan fingerprint density at radius 2 is 1.89 bits per heavy atom. The van der Waals surface area contributed by atoms with Crippen molar-refractivity contribution in [1.82, 2.24) is 23.9 Å². The van der Waals surface area contributed by atoms with Gasteiger partial charge >= 0.3 is 6.09 Å². The third-order valence-electron chi connectivity index (χ3n) is 5.35. The Bertz CT molecular complexity index is 804. The van der Waals surface area contributed by atoms with E-state index in [0.717, 1.165) is 19.3 Å². The minimum atomic E-state index is -3.74. The predicted molar refractivity (Wildman–Crippen MR) is 101 cm³/mol. The molecule has 0 aliphatic carbocycles. The highest BCUT2D eigenvalue weighted by atomic mass is 35.5. The molecular formula is C16H26ClN5O4S. The van der Waals surface area contributed by atoms with Crippen LogP contribution in [-0.4, -0.2) is 88.8 Å². The number of rotatable bonds is 4. The van der Waals surface area contributed by atoms with Crippen molar-refractivity contribution in [3.8, 4) is 0 Å². The zero-order chi connectivity index (χ0) is 19.8. The first-order valence-electron chi connectivity index (χ1n) is 9.13. The van der Waals surface area contributed by atoms with Crippen LogP contribution in [0.3, 0.4) is 0 Å². The maximum atomic E-state index is 13.3. The highest BCUT2D eigenvalue weighted by Gasteiger charge is 2.38. The molecule has 0 radical (unpaired) electrons. The van der Waals surface area contributed by atoms with Crippen molar-refractivity contribution in [2.24, 2.45) is 7.05 Å². The van der Waals surface area contributed by atoms with E-state index >= 15 is 0 Å². The van der Waals surface area contributed by atoms with E-state index in [1.165, 1.54) is 9.58 Å². The number of amides is 1. The number of halogens is 1. The van der Waals surface area contributed by atoms with Gasteiger partial charge in [0.1, 0.15) is 10.0 Å². The smallest absolute Gasteiger partial charge is 0.407 e. The van der Waals surface area contributed by atoms with Gasteiger partial charge in [-0.15, -0.1) is 0 Å². The number of hydrogen-bond acceptors (Lipinski definition) is 5. The van der Waals surface area contributed by atoms with Crippen LogP contribution in [-0.2, 0) is 17.1 Å². The molecule has 1 aromatic rings. The van der Waals surface area contributed by atoms with Gasteiger partial charge in [-0.25, -0.2) is 13.2 Å². The van der Waals surface area contributed by atoms with E-state index < -0.39 is 16.1 Å². The maximum Gasteiger partial charge on any atom is 0.407 e. The lowest BCUT2D eigenvalue weighted by Gasteiger charge is -2.40. The van der Waals surface area contributed by atoms with Crippen LogP contribution in [0, 0.1) is 6.92 Å². The molecule has 152 valence electrons. The van der Waals surface area contributed by atoms with E-state index in [1.807, 2.05) is 0 Å². The van der Waals surface area contributed by atoms with E-state index in [4.69, 9.17) is 16.7 Å². The number of aromatic nitrogens is 2. The number of carboxylic acid groups (broad SMARTS) is 1. The Kier molecular flexibility index (Phi) is 5.99. The summed E-state index contributed by atoms with van der Waals surface area (Å²) < 4.78 is 29.6. The summed E-state index contributed by atoms with van der Waals surface area (Å²) in [7, 11) is -2.11. The van der Waals surface area contributed by atoms with Crippen LogP contribution in [0.25, 0.3) is 0 Å². The van der Waals surface area contributed by atoms with Gasteiger partial charge in [-0.05, 0) is 19.8 Å². The fourth-order valence-corrected chi connectivity index (χ4v) is 6.31. The first kappa shape index (κ1) is 20.4. The Balaban J connectivity index is 1.76. The molecule has 3 heterocycles. The minimum Gasteiger partial charge on any atom is -0.465 e. The summed E-state index contributed by atoms with van der Waals surface area (Å²) in [5.41, 5.74) is 0.405.